The third-order valence-corrected chi connectivity index (χ3v) is 7.14. The second kappa shape index (κ2) is 14.0. The zero-order valence-electron chi connectivity index (χ0n) is 21.8. The Morgan fingerprint density at radius 1 is 1.08 bits per heavy atom. The Balaban J connectivity index is 1.39. The molecule has 13 heteroatoms. The molecular weight excluding hydrogens is 524 g/mol. The van der Waals surface area contributed by atoms with E-state index < -0.39 is 18.3 Å². The van der Waals surface area contributed by atoms with Crippen LogP contribution >= 0.6 is 11.8 Å². The van der Waals surface area contributed by atoms with Crippen LogP contribution in [0, 0.1) is 0 Å². The Labute approximate surface area is 230 Å². The van der Waals surface area contributed by atoms with Crippen molar-refractivity contribution in [1.29, 1.82) is 0 Å². The lowest BCUT2D eigenvalue weighted by Gasteiger charge is -2.36. The first-order valence-corrected chi connectivity index (χ1v) is 13.6. The zero-order valence-corrected chi connectivity index (χ0v) is 22.6. The number of aromatic nitrogens is 4. The Morgan fingerprint density at radius 2 is 1.79 bits per heavy atom. The molecule has 0 spiro atoms. The number of tetrazole rings is 1. The van der Waals surface area contributed by atoms with E-state index in [4.69, 9.17) is 14.2 Å². The summed E-state index contributed by atoms with van der Waals surface area (Å²) in [7, 11) is 1.79. The molecule has 0 saturated carbocycles. The number of nitrogens with zero attached hydrogens (tertiary/aromatic N) is 4. The van der Waals surface area contributed by atoms with Crippen LogP contribution in [0.4, 0.5) is 4.79 Å². The van der Waals surface area contributed by atoms with Crippen molar-refractivity contribution in [2.24, 2.45) is 7.05 Å². The number of benzene rings is 2. The second-order valence-electron chi connectivity index (χ2n) is 8.83. The minimum absolute atomic E-state index is 0.0171. The number of carbonyl (C=O) groups is 2. The molecule has 1 saturated heterocycles. The SMILES string of the molecule is CCOC(=O)CNC(=O)NCc1ccc(C2OC(CSc3nnnn3C)CC(c3ccc(CO)cc3)O2)cc1. The third-order valence-electron chi connectivity index (χ3n) is 6.00. The van der Waals surface area contributed by atoms with Gasteiger partial charge in [0.15, 0.2) is 6.29 Å². The Bertz CT molecular complexity index is 1220. The number of carbonyl (C=O) groups excluding carboxylic acids is 2. The third kappa shape index (κ3) is 8.23. The summed E-state index contributed by atoms with van der Waals surface area (Å²) in [4.78, 5) is 23.3. The van der Waals surface area contributed by atoms with E-state index in [0.717, 1.165) is 22.3 Å². The molecular formula is C26H32N6O6S. The summed E-state index contributed by atoms with van der Waals surface area (Å²) in [5.41, 5.74) is 3.56. The number of hydrogen-bond acceptors (Lipinski definition) is 10. The first-order valence-electron chi connectivity index (χ1n) is 12.6. The molecule has 3 N–H and O–H groups in total. The van der Waals surface area contributed by atoms with Gasteiger partial charge in [-0.15, -0.1) is 5.10 Å². The summed E-state index contributed by atoms with van der Waals surface area (Å²) in [6.07, 6.45) is -0.281. The van der Waals surface area contributed by atoms with Crippen molar-refractivity contribution in [2.75, 3.05) is 18.9 Å². The number of esters is 1. The van der Waals surface area contributed by atoms with E-state index >= 15 is 0 Å². The molecule has 3 aromatic rings. The van der Waals surface area contributed by atoms with Crippen LogP contribution in [0.25, 0.3) is 0 Å². The number of urea groups is 1. The molecule has 0 aliphatic carbocycles. The van der Waals surface area contributed by atoms with Gasteiger partial charge in [-0.25, -0.2) is 9.48 Å². The molecule has 39 heavy (non-hydrogen) atoms. The van der Waals surface area contributed by atoms with Crippen molar-refractivity contribution in [3.8, 4) is 0 Å². The Morgan fingerprint density at radius 3 is 2.46 bits per heavy atom. The lowest BCUT2D eigenvalue weighted by Crippen LogP contribution is -2.38. The van der Waals surface area contributed by atoms with Crippen LogP contribution in [0.3, 0.4) is 0 Å². The fourth-order valence-electron chi connectivity index (χ4n) is 3.94. The summed E-state index contributed by atoms with van der Waals surface area (Å²) in [6.45, 7) is 2.05. The van der Waals surface area contributed by atoms with Gasteiger partial charge in [-0.05, 0) is 34.0 Å². The number of aliphatic hydroxyl groups is 1. The number of rotatable bonds is 11. The van der Waals surface area contributed by atoms with Crippen LogP contribution in [0.1, 0.15) is 48.0 Å². The lowest BCUT2D eigenvalue weighted by atomic mass is 10.0. The molecule has 1 aliphatic rings. The minimum atomic E-state index is -0.598. The summed E-state index contributed by atoms with van der Waals surface area (Å²) in [6, 6.07) is 14.9. The van der Waals surface area contributed by atoms with Gasteiger partial charge in [-0.3, -0.25) is 4.79 Å². The predicted molar refractivity (Wildman–Crippen MR) is 141 cm³/mol. The Hall–Kier alpha value is -3.52. The van der Waals surface area contributed by atoms with Gasteiger partial charge in [-0.1, -0.05) is 60.3 Å². The molecule has 3 unspecified atom stereocenters. The van der Waals surface area contributed by atoms with Crippen LogP contribution in [-0.4, -0.2) is 62.3 Å². The van der Waals surface area contributed by atoms with Gasteiger partial charge in [-0.2, -0.15) is 0 Å². The highest BCUT2D eigenvalue weighted by Gasteiger charge is 2.32. The lowest BCUT2D eigenvalue weighted by molar-refractivity contribution is -0.245. The van der Waals surface area contributed by atoms with Crippen molar-refractivity contribution in [1.82, 2.24) is 30.8 Å². The van der Waals surface area contributed by atoms with Crippen LogP contribution in [0.5, 0.6) is 0 Å². The maximum absolute atomic E-state index is 12.0. The van der Waals surface area contributed by atoms with Crippen molar-refractivity contribution < 1.29 is 28.9 Å². The van der Waals surface area contributed by atoms with E-state index in [0.29, 0.717) is 17.3 Å². The largest absolute Gasteiger partial charge is 0.465 e. The molecule has 1 fully saturated rings. The average Bonchev–Trinajstić information content (AvgIpc) is 3.38. The second-order valence-corrected chi connectivity index (χ2v) is 9.82. The van der Waals surface area contributed by atoms with Gasteiger partial charge >= 0.3 is 12.0 Å². The highest BCUT2D eigenvalue weighted by Crippen LogP contribution is 2.39. The van der Waals surface area contributed by atoms with Crippen LogP contribution in [0.2, 0.25) is 0 Å². The normalized spacial score (nSPS) is 18.9. The van der Waals surface area contributed by atoms with Crippen molar-refractivity contribution in [3.05, 3.63) is 70.8 Å². The number of thioether (sulfide) groups is 1. The summed E-state index contributed by atoms with van der Waals surface area (Å²) >= 11 is 1.52. The number of aryl methyl sites for hydroxylation is 1. The fraction of sp³-hybridized carbons (Fsp3) is 0.423. The first kappa shape index (κ1) is 28.5. The molecule has 0 bridgehead atoms. The molecule has 0 radical (unpaired) electrons. The smallest absolute Gasteiger partial charge is 0.325 e. The highest BCUT2D eigenvalue weighted by molar-refractivity contribution is 7.99. The molecule has 2 heterocycles. The van der Waals surface area contributed by atoms with Crippen molar-refractivity contribution >= 4 is 23.8 Å². The first-order chi connectivity index (χ1) is 18.9. The summed E-state index contributed by atoms with van der Waals surface area (Å²) in [5, 5.41) is 26.9. The van der Waals surface area contributed by atoms with E-state index in [1.54, 1.807) is 18.7 Å². The molecule has 2 amide bonds. The van der Waals surface area contributed by atoms with Crippen molar-refractivity contribution in [2.45, 2.75) is 50.2 Å². The van der Waals surface area contributed by atoms with Crippen molar-refractivity contribution in [3.63, 3.8) is 0 Å². The molecule has 4 rings (SSSR count). The number of ether oxygens (including phenoxy) is 3. The van der Waals surface area contributed by atoms with Gasteiger partial charge in [0.1, 0.15) is 6.54 Å². The van der Waals surface area contributed by atoms with Gasteiger partial charge in [0.05, 0.1) is 25.4 Å². The standard InChI is InChI=1S/C26H32N6O6S/c1-3-36-23(34)14-28-25(35)27-13-17-4-10-20(11-5-17)24-37-21(16-39-26-29-30-31-32(26)2)12-22(38-24)19-8-6-18(15-33)7-9-19/h4-11,21-22,24,33H,3,12-16H2,1-2H3,(H2,27,28,35). The minimum Gasteiger partial charge on any atom is -0.465 e. The van der Waals surface area contributed by atoms with Crippen LogP contribution < -0.4 is 10.6 Å². The zero-order chi connectivity index (χ0) is 27.6. The van der Waals surface area contributed by atoms with Crippen LogP contribution in [-0.2, 0) is 39.2 Å². The molecule has 1 aromatic heterocycles. The van der Waals surface area contributed by atoms with Gasteiger partial charge in [0.25, 0.3) is 0 Å². The summed E-state index contributed by atoms with van der Waals surface area (Å²) in [5.74, 6) is 0.152. The average molecular weight is 557 g/mol. The van der Waals surface area contributed by atoms with Gasteiger partial charge in [0.2, 0.25) is 5.16 Å². The molecule has 208 valence electrons. The highest BCUT2D eigenvalue weighted by atomic mass is 32.2. The predicted octanol–water partition coefficient (Wildman–Crippen LogP) is 2.40. The summed E-state index contributed by atoms with van der Waals surface area (Å²) < 4.78 is 19.1. The van der Waals surface area contributed by atoms with E-state index in [1.807, 2.05) is 48.5 Å². The molecule has 12 nitrogen and oxygen atoms in total. The maximum Gasteiger partial charge on any atom is 0.325 e. The van der Waals surface area contributed by atoms with Gasteiger partial charge in [0, 0.05) is 31.3 Å². The molecule has 3 atom stereocenters. The van der Waals surface area contributed by atoms with Gasteiger partial charge < -0.3 is 30.0 Å². The van der Waals surface area contributed by atoms with E-state index in [1.165, 1.54) is 11.8 Å². The topological polar surface area (TPSA) is 150 Å². The number of aliphatic hydroxyl groups excluding tert-OH is 1. The van der Waals surface area contributed by atoms with E-state index in [2.05, 4.69) is 26.2 Å². The molecule has 1 aliphatic heterocycles. The number of nitrogens with one attached hydrogen (secondary N) is 2. The van der Waals surface area contributed by atoms with E-state index in [9.17, 15) is 14.7 Å². The van der Waals surface area contributed by atoms with E-state index in [-0.39, 0.29) is 38.5 Å². The number of amides is 2. The molecule has 2 aromatic carbocycles. The number of hydrogen-bond donors (Lipinski definition) is 3. The van der Waals surface area contributed by atoms with Crippen LogP contribution in [0.15, 0.2) is 53.7 Å². The monoisotopic (exact) mass is 556 g/mol. The maximum atomic E-state index is 12.0. The Kier molecular flexibility index (Phi) is 10.3. The quantitative estimate of drug-likeness (QED) is 0.237. The fourth-order valence-corrected chi connectivity index (χ4v) is 4.80.